The molecule has 27 heavy (non-hydrogen) atoms. The van der Waals surface area contributed by atoms with Gasteiger partial charge in [0, 0.05) is 32.1 Å². The van der Waals surface area contributed by atoms with Gasteiger partial charge in [0.1, 0.15) is 5.75 Å². The quantitative estimate of drug-likeness (QED) is 0.807. The van der Waals surface area contributed by atoms with Crippen molar-refractivity contribution in [2.45, 2.75) is 38.9 Å². The molecule has 2 atom stereocenters. The largest absolute Gasteiger partial charge is 0.497 e. The van der Waals surface area contributed by atoms with Crippen molar-refractivity contribution in [3.63, 3.8) is 0 Å². The number of methoxy groups -OCH3 is 1. The fourth-order valence-electron chi connectivity index (χ4n) is 4.09. The number of piperidine rings is 1. The number of morpholine rings is 1. The zero-order valence-corrected chi connectivity index (χ0v) is 17.0. The molecule has 0 spiro atoms. The third-order valence-corrected chi connectivity index (χ3v) is 6.51. The van der Waals surface area contributed by atoms with Gasteiger partial charge in [-0.3, -0.25) is 4.79 Å². The van der Waals surface area contributed by atoms with E-state index in [1.807, 2.05) is 36.9 Å². The van der Waals surface area contributed by atoms with Crippen LogP contribution in [0.1, 0.15) is 26.7 Å². The molecule has 2 fully saturated rings. The number of thiazole rings is 1. The van der Waals surface area contributed by atoms with Crippen molar-refractivity contribution in [2.24, 2.45) is 5.92 Å². The minimum absolute atomic E-state index is 0.119. The fourth-order valence-corrected chi connectivity index (χ4v) is 5.13. The van der Waals surface area contributed by atoms with Crippen LogP contribution in [0.5, 0.6) is 5.75 Å². The van der Waals surface area contributed by atoms with Crippen LogP contribution < -0.4 is 9.64 Å². The summed E-state index contributed by atoms with van der Waals surface area (Å²) in [7, 11) is 1.68. The summed E-state index contributed by atoms with van der Waals surface area (Å²) >= 11 is 1.69. The Hall–Kier alpha value is -1.86. The Morgan fingerprint density at radius 2 is 1.93 bits per heavy atom. The molecule has 2 saturated heterocycles. The maximum atomic E-state index is 12.9. The van der Waals surface area contributed by atoms with Crippen molar-refractivity contribution >= 4 is 32.6 Å². The standard InChI is InChI=1S/C20H27N3O3S/c1-13-11-23(12-14(2)26-13)19(24)15-6-8-22(9-7-15)20-21-17-5-4-16(25-3)10-18(17)27-20/h4-5,10,13-15H,6-9,11-12H2,1-3H3. The molecule has 0 aliphatic carbocycles. The van der Waals surface area contributed by atoms with E-state index in [9.17, 15) is 4.79 Å². The summed E-state index contributed by atoms with van der Waals surface area (Å²) in [4.78, 5) is 22.0. The van der Waals surface area contributed by atoms with Crippen LogP contribution in [0, 0.1) is 5.92 Å². The number of fused-ring (bicyclic) bond motifs is 1. The molecule has 7 heteroatoms. The van der Waals surface area contributed by atoms with Gasteiger partial charge in [-0.15, -0.1) is 0 Å². The number of rotatable bonds is 3. The maximum Gasteiger partial charge on any atom is 0.225 e. The number of hydrogen-bond donors (Lipinski definition) is 0. The second kappa shape index (κ2) is 7.64. The zero-order chi connectivity index (χ0) is 19.0. The van der Waals surface area contributed by atoms with Crippen LogP contribution in [0.15, 0.2) is 18.2 Å². The predicted molar refractivity (Wildman–Crippen MR) is 108 cm³/mol. The number of carbonyl (C=O) groups excluding carboxylic acids is 1. The molecule has 3 heterocycles. The Morgan fingerprint density at radius 3 is 2.59 bits per heavy atom. The molecule has 2 aliphatic heterocycles. The van der Waals surface area contributed by atoms with Crippen molar-refractivity contribution < 1.29 is 14.3 Å². The summed E-state index contributed by atoms with van der Waals surface area (Å²) in [6.07, 6.45) is 2.02. The first-order valence-corrected chi connectivity index (χ1v) is 10.5. The molecule has 2 aromatic rings. The number of hydrogen-bond acceptors (Lipinski definition) is 6. The van der Waals surface area contributed by atoms with E-state index in [1.54, 1.807) is 18.4 Å². The van der Waals surface area contributed by atoms with E-state index in [2.05, 4.69) is 4.90 Å². The van der Waals surface area contributed by atoms with Gasteiger partial charge < -0.3 is 19.3 Å². The van der Waals surface area contributed by atoms with Crippen molar-refractivity contribution in [1.29, 1.82) is 0 Å². The lowest BCUT2D eigenvalue weighted by atomic mass is 9.95. The smallest absolute Gasteiger partial charge is 0.225 e. The van der Waals surface area contributed by atoms with E-state index in [4.69, 9.17) is 14.5 Å². The second-order valence-electron chi connectivity index (χ2n) is 7.59. The number of benzene rings is 1. The fraction of sp³-hybridized carbons (Fsp3) is 0.600. The number of ether oxygens (including phenoxy) is 2. The van der Waals surface area contributed by atoms with Crippen LogP contribution >= 0.6 is 11.3 Å². The second-order valence-corrected chi connectivity index (χ2v) is 8.60. The van der Waals surface area contributed by atoms with Gasteiger partial charge in [0.15, 0.2) is 5.13 Å². The van der Waals surface area contributed by atoms with Gasteiger partial charge in [-0.1, -0.05) is 11.3 Å². The highest BCUT2D eigenvalue weighted by atomic mass is 32.1. The third kappa shape index (κ3) is 3.89. The first-order chi connectivity index (χ1) is 13.0. The topological polar surface area (TPSA) is 54.9 Å². The third-order valence-electron chi connectivity index (χ3n) is 5.43. The lowest BCUT2D eigenvalue weighted by Gasteiger charge is -2.39. The highest BCUT2D eigenvalue weighted by Crippen LogP contribution is 2.33. The van der Waals surface area contributed by atoms with Gasteiger partial charge in [-0.05, 0) is 44.9 Å². The van der Waals surface area contributed by atoms with Crippen LogP contribution in [-0.2, 0) is 9.53 Å². The van der Waals surface area contributed by atoms with Crippen LogP contribution in [0.4, 0.5) is 5.13 Å². The van der Waals surface area contributed by atoms with Crippen LogP contribution in [-0.4, -0.2) is 61.3 Å². The Balaban J connectivity index is 1.39. The van der Waals surface area contributed by atoms with E-state index in [-0.39, 0.29) is 18.1 Å². The number of carbonyl (C=O) groups is 1. The Morgan fingerprint density at radius 1 is 1.22 bits per heavy atom. The highest BCUT2D eigenvalue weighted by Gasteiger charge is 2.33. The number of amides is 1. The molecular formula is C20H27N3O3S. The van der Waals surface area contributed by atoms with E-state index in [0.717, 1.165) is 47.0 Å². The SMILES string of the molecule is COc1ccc2nc(N3CCC(C(=O)N4CC(C)OC(C)C4)CC3)sc2c1. The van der Waals surface area contributed by atoms with Gasteiger partial charge in [0.05, 0.1) is 29.5 Å². The maximum absolute atomic E-state index is 12.9. The van der Waals surface area contributed by atoms with Gasteiger partial charge in [0.25, 0.3) is 0 Å². The first kappa shape index (κ1) is 18.5. The minimum atomic E-state index is 0.119. The molecule has 0 bridgehead atoms. The molecule has 1 aromatic heterocycles. The molecule has 2 unspecified atom stereocenters. The molecule has 146 valence electrons. The summed E-state index contributed by atoms with van der Waals surface area (Å²) in [6.45, 7) is 7.26. The van der Waals surface area contributed by atoms with E-state index >= 15 is 0 Å². The highest BCUT2D eigenvalue weighted by molar-refractivity contribution is 7.22. The molecule has 4 rings (SSSR count). The average Bonchev–Trinajstić information content (AvgIpc) is 3.10. The molecule has 6 nitrogen and oxygen atoms in total. The van der Waals surface area contributed by atoms with Crippen LogP contribution in [0.25, 0.3) is 10.2 Å². The molecule has 0 saturated carbocycles. The number of anilines is 1. The van der Waals surface area contributed by atoms with Crippen LogP contribution in [0.2, 0.25) is 0 Å². The lowest BCUT2D eigenvalue weighted by Crippen LogP contribution is -2.51. The monoisotopic (exact) mass is 389 g/mol. The Kier molecular flexibility index (Phi) is 5.23. The Bertz CT molecular complexity index is 806. The molecule has 1 amide bonds. The average molecular weight is 390 g/mol. The first-order valence-electron chi connectivity index (χ1n) is 9.67. The van der Waals surface area contributed by atoms with Crippen molar-refractivity contribution in [1.82, 2.24) is 9.88 Å². The summed E-state index contributed by atoms with van der Waals surface area (Å²) in [6, 6.07) is 5.99. The van der Waals surface area contributed by atoms with Crippen molar-refractivity contribution in [2.75, 3.05) is 38.2 Å². The minimum Gasteiger partial charge on any atom is -0.497 e. The normalized spacial score (nSPS) is 24.4. The van der Waals surface area contributed by atoms with E-state index in [0.29, 0.717) is 19.0 Å². The molecule has 0 radical (unpaired) electrons. The van der Waals surface area contributed by atoms with E-state index < -0.39 is 0 Å². The molecule has 1 aromatic carbocycles. The summed E-state index contributed by atoms with van der Waals surface area (Å²) in [5, 5.41) is 1.04. The lowest BCUT2D eigenvalue weighted by molar-refractivity contribution is -0.148. The summed E-state index contributed by atoms with van der Waals surface area (Å²) < 4.78 is 12.2. The van der Waals surface area contributed by atoms with Gasteiger partial charge in [-0.25, -0.2) is 4.98 Å². The van der Waals surface area contributed by atoms with Crippen molar-refractivity contribution in [3.8, 4) is 5.75 Å². The van der Waals surface area contributed by atoms with Gasteiger partial charge in [-0.2, -0.15) is 0 Å². The number of aromatic nitrogens is 1. The Labute approximate surface area is 164 Å². The number of nitrogens with zero attached hydrogens (tertiary/aromatic N) is 3. The molecule has 2 aliphatic rings. The van der Waals surface area contributed by atoms with Gasteiger partial charge in [0.2, 0.25) is 5.91 Å². The van der Waals surface area contributed by atoms with Crippen LogP contribution in [0.3, 0.4) is 0 Å². The predicted octanol–water partition coefficient (Wildman–Crippen LogP) is 3.16. The zero-order valence-electron chi connectivity index (χ0n) is 16.2. The summed E-state index contributed by atoms with van der Waals surface area (Å²) in [5.74, 6) is 1.27. The van der Waals surface area contributed by atoms with Gasteiger partial charge >= 0.3 is 0 Å². The van der Waals surface area contributed by atoms with E-state index in [1.165, 1.54) is 0 Å². The van der Waals surface area contributed by atoms with Crippen molar-refractivity contribution in [3.05, 3.63) is 18.2 Å². The molecule has 0 N–H and O–H groups in total. The summed E-state index contributed by atoms with van der Waals surface area (Å²) in [5.41, 5.74) is 1.00. The molecular weight excluding hydrogens is 362 g/mol.